The van der Waals surface area contributed by atoms with E-state index in [1.807, 2.05) is 31.2 Å². The number of carbonyl (C=O) groups is 1. The van der Waals surface area contributed by atoms with Gasteiger partial charge < -0.3 is 0 Å². The van der Waals surface area contributed by atoms with E-state index in [0.717, 1.165) is 23.4 Å². The molecular weight excluding hydrogens is 208 g/mol. The maximum Gasteiger partial charge on any atom is 0.210 e. The van der Waals surface area contributed by atoms with Crippen LogP contribution in [-0.2, 0) is 0 Å². The predicted molar refractivity (Wildman–Crippen MR) is 65.2 cm³/mol. The molecule has 1 unspecified atom stereocenters. The van der Waals surface area contributed by atoms with Gasteiger partial charge in [-0.2, -0.15) is 0 Å². The first kappa shape index (κ1) is 10.5. The Kier molecular flexibility index (Phi) is 3.00. The van der Waals surface area contributed by atoms with E-state index in [1.54, 1.807) is 0 Å². The van der Waals surface area contributed by atoms with Crippen LogP contribution in [0.5, 0.6) is 0 Å². The molecule has 2 rings (SSSR count). The van der Waals surface area contributed by atoms with Gasteiger partial charge in [-0.3, -0.25) is 15.3 Å². The molecule has 1 aromatic rings. The number of carbonyl (C=O) groups excluding carboxylic acids is 1. The maximum absolute atomic E-state index is 12.1. The zero-order valence-electron chi connectivity index (χ0n) is 8.62. The molecule has 0 spiro atoms. The van der Waals surface area contributed by atoms with Gasteiger partial charge in [0.05, 0.1) is 0 Å². The summed E-state index contributed by atoms with van der Waals surface area (Å²) < 4.78 is 0. The van der Waals surface area contributed by atoms with Crippen LogP contribution in [0.3, 0.4) is 0 Å². The van der Waals surface area contributed by atoms with Gasteiger partial charge in [0.2, 0.25) is 5.78 Å². The molecule has 4 heteroatoms. The van der Waals surface area contributed by atoms with E-state index in [-0.39, 0.29) is 5.78 Å². The smallest absolute Gasteiger partial charge is 0.210 e. The standard InChI is InChI=1S/C11H14N2OS/c1-8-4-2-3-5-9(8)10(14)11-13-6-7-15(11)12/h2-5,13H,6-7,12H2,1H3. The van der Waals surface area contributed by atoms with Gasteiger partial charge >= 0.3 is 0 Å². The molecule has 15 heavy (non-hydrogen) atoms. The molecule has 0 saturated carbocycles. The summed E-state index contributed by atoms with van der Waals surface area (Å²) in [6, 6.07) is 7.60. The minimum atomic E-state index is -0.393. The molecule has 3 N–H and O–H groups in total. The van der Waals surface area contributed by atoms with Gasteiger partial charge in [-0.05, 0) is 12.5 Å². The third-order valence-electron chi connectivity index (χ3n) is 2.47. The van der Waals surface area contributed by atoms with Crippen LogP contribution in [0.1, 0.15) is 15.9 Å². The van der Waals surface area contributed by atoms with Crippen molar-refractivity contribution in [3.8, 4) is 0 Å². The van der Waals surface area contributed by atoms with E-state index in [4.69, 9.17) is 5.14 Å². The lowest BCUT2D eigenvalue weighted by molar-refractivity contribution is 0.106. The lowest BCUT2D eigenvalue weighted by atomic mass is 10.1. The van der Waals surface area contributed by atoms with Crippen LogP contribution in [-0.4, -0.2) is 23.1 Å². The monoisotopic (exact) mass is 222 g/mol. The number of Topliss-reactive ketones (excluding diaryl/α,β-unsaturated/α-hetero) is 1. The molecule has 80 valence electrons. The van der Waals surface area contributed by atoms with Crippen molar-refractivity contribution in [3.63, 3.8) is 0 Å². The Morgan fingerprint density at radius 2 is 2.20 bits per heavy atom. The van der Waals surface area contributed by atoms with Gasteiger partial charge in [0.25, 0.3) is 0 Å². The number of hydrogen-bond acceptors (Lipinski definition) is 3. The first-order chi connectivity index (χ1) is 7.20. The Bertz CT molecular complexity index is 440. The number of nitrogens with one attached hydrogen (secondary N) is 1. The van der Waals surface area contributed by atoms with E-state index in [0.29, 0.717) is 4.99 Å². The summed E-state index contributed by atoms with van der Waals surface area (Å²) in [5, 5.41) is 8.96. The number of nitrogens with two attached hydrogens (primary N) is 1. The highest BCUT2D eigenvalue weighted by molar-refractivity contribution is 8.15. The molecule has 0 fully saturated rings. The summed E-state index contributed by atoms with van der Waals surface area (Å²) in [5.41, 5.74) is 1.76. The molecule has 1 aliphatic heterocycles. The van der Waals surface area contributed by atoms with Gasteiger partial charge in [0.15, 0.2) is 0 Å². The van der Waals surface area contributed by atoms with E-state index in [9.17, 15) is 4.79 Å². The SMILES string of the molecule is Cc1ccccc1C(=O)C1=S(N)CCN1. The summed E-state index contributed by atoms with van der Waals surface area (Å²) in [4.78, 5) is 12.8. The molecule has 0 aliphatic carbocycles. The molecule has 0 amide bonds. The van der Waals surface area contributed by atoms with Gasteiger partial charge in [0, 0.05) is 17.9 Å². The van der Waals surface area contributed by atoms with Crippen molar-refractivity contribution in [2.45, 2.75) is 6.92 Å². The minimum absolute atomic E-state index is 0.0523. The van der Waals surface area contributed by atoms with Crippen molar-refractivity contribution in [2.75, 3.05) is 12.3 Å². The summed E-state index contributed by atoms with van der Waals surface area (Å²) in [7, 11) is -0.393. The zero-order chi connectivity index (χ0) is 10.8. The molecule has 0 radical (unpaired) electrons. The second kappa shape index (κ2) is 4.26. The lowest BCUT2D eigenvalue weighted by Gasteiger charge is -2.06. The Labute approximate surface area is 91.7 Å². The molecule has 3 nitrogen and oxygen atoms in total. The maximum atomic E-state index is 12.1. The molecular formula is C11H14N2OS. The number of ketones is 1. The van der Waals surface area contributed by atoms with Crippen molar-refractivity contribution in [1.29, 1.82) is 0 Å². The van der Waals surface area contributed by atoms with Crippen molar-refractivity contribution in [3.05, 3.63) is 35.4 Å². The average Bonchev–Trinajstić information content (AvgIpc) is 2.64. The van der Waals surface area contributed by atoms with Crippen LogP contribution < -0.4 is 10.5 Å². The fourth-order valence-corrected chi connectivity index (χ4v) is 2.78. The third kappa shape index (κ3) is 2.02. The highest BCUT2D eigenvalue weighted by atomic mass is 32.2. The van der Waals surface area contributed by atoms with E-state index in [2.05, 4.69) is 5.32 Å². The molecule has 1 aromatic carbocycles. The van der Waals surface area contributed by atoms with Crippen LogP contribution in [0, 0.1) is 6.92 Å². The van der Waals surface area contributed by atoms with Gasteiger partial charge in [-0.15, -0.1) is 10.7 Å². The first-order valence-corrected chi connectivity index (χ1v) is 6.32. The van der Waals surface area contributed by atoms with Crippen molar-refractivity contribution < 1.29 is 4.79 Å². The summed E-state index contributed by atoms with van der Waals surface area (Å²) in [6.07, 6.45) is 0. The number of hydrogen-bond donors (Lipinski definition) is 2. The quantitative estimate of drug-likeness (QED) is 0.581. The lowest BCUT2D eigenvalue weighted by Crippen LogP contribution is -2.28. The summed E-state index contributed by atoms with van der Waals surface area (Å²) in [5.74, 6) is 0.920. The molecule has 0 bridgehead atoms. The fourth-order valence-electron chi connectivity index (χ4n) is 1.62. The van der Waals surface area contributed by atoms with Crippen LogP contribution in [0.4, 0.5) is 0 Å². The van der Waals surface area contributed by atoms with Gasteiger partial charge in [-0.25, -0.2) is 0 Å². The van der Waals surface area contributed by atoms with Crippen LogP contribution >= 0.6 is 10.7 Å². The van der Waals surface area contributed by atoms with Gasteiger partial charge in [-0.1, -0.05) is 24.3 Å². The Morgan fingerprint density at radius 1 is 1.47 bits per heavy atom. The highest BCUT2D eigenvalue weighted by Gasteiger charge is 2.20. The molecule has 1 aliphatic rings. The zero-order valence-corrected chi connectivity index (χ0v) is 9.43. The minimum Gasteiger partial charge on any atom is -0.287 e. The van der Waals surface area contributed by atoms with Crippen molar-refractivity contribution in [2.24, 2.45) is 5.14 Å². The van der Waals surface area contributed by atoms with Gasteiger partial charge in [0.1, 0.15) is 4.99 Å². The predicted octanol–water partition coefficient (Wildman–Crippen LogP) is 1.05. The Balaban J connectivity index is 2.37. The normalized spacial score (nSPS) is 20.7. The largest absolute Gasteiger partial charge is 0.287 e. The second-order valence-electron chi connectivity index (χ2n) is 3.53. The highest BCUT2D eigenvalue weighted by Crippen LogP contribution is 2.15. The second-order valence-corrected chi connectivity index (χ2v) is 5.21. The van der Waals surface area contributed by atoms with Crippen LogP contribution in [0.25, 0.3) is 0 Å². The molecule has 1 atom stereocenters. The first-order valence-electron chi connectivity index (χ1n) is 4.86. The molecule has 0 aromatic heterocycles. The summed E-state index contributed by atoms with van der Waals surface area (Å²) in [6.45, 7) is 2.75. The number of rotatable bonds is 2. The third-order valence-corrected chi connectivity index (χ3v) is 3.96. The van der Waals surface area contributed by atoms with E-state index >= 15 is 0 Å². The van der Waals surface area contributed by atoms with Crippen LogP contribution in [0.2, 0.25) is 0 Å². The Hall–Kier alpha value is -0.970. The average molecular weight is 222 g/mol. The van der Waals surface area contributed by atoms with E-state index in [1.165, 1.54) is 0 Å². The van der Waals surface area contributed by atoms with E-state index < -0.39 is 10.7 Å². The fraction of sp³-hybridized carbons (Fsp3) is 0.273. The van der Waals surface area contributed by atoms with Crippen LogP contribution in [0.15, 0.2) is 24.3 Å². The number of aryl methyl sites for hydroxylation is 1. The van der Waals surface area contributed by atoms with Crippen molar-refractivity contribution in [1.82, 2.24) is 5.32 Å². The number of benzene rings is 1. The molecule has 0 saturated heterocycles. The van der Waals surface area contributed by atoms with Crippen molar-refractivity contribution >= 4 is 21.4 Å². The Morgan fingerprint density at radius 3 is 2.80 bits per heavy atom. The topological polar surface area (TPSA) is 55.1 Å². The molecule has 1 heterocycles. The summed E-state index contributed by atoms with van der Waals surface area (Å²) >= 11 is 0.